The van der Waals surface area contributed by atoms with Crippen molar-refractivity contribution in [3.8, 4) is 11.5 Å². The van der Waals surface area contributed by atoms with Crippen molar-refractivity contribution in [3.63, 3.8) is 0 Å². The van der Waals surface area contributed by atoms with E-state index >= 15 is 0 Å². The number of hydrogen-bond donors (Lipinski definition) is 1. The lowest BCUT2D eigenvalue weighted by Gasteiger charge is -2.06. The normalized spacial score (nSPS) is 10.7. The van der Waals surface area contributed by atoms with Crippen molar-refractivity contribution in [2.75, 3.05) is 5.32 Å². The van der Waals surface area contributed by atoms with Crippen LogP contribution in [-0.4, -0.2) is 20.8 Å². The molecule has 4 rings (SSSR count). The van der Waals surface area contributed by atoms with Crippen LogP contribution in [0.3, 0.4) is 0 Å². The largest absolute Gasteiger partial charge is 0.434 e. The number of amides is 1. The summed E-state index contributed by atoms with van der Waals surface area (Å²) in [5, 5.41) is 13.5. The summed E-state index contributed by atoms with van der Waals surface area (Å²) in [5.74, 6) is 0.0245. The molecule has 8 heteroatoms. The molecule has 0 fully saturated rings. The van der Waals surface area contributed by atoms with E-state index < -0.39 is 4.92 Å². The van der Waals surface area contributed by atoms with Gasteiger partial charge in [-0.3, -0.25) is 14.9 Å². The second-order valence-electron chi connectivity index (χ2n) is 5.68. The van der Waals surface area contributed by atoms with Crippen LogP contribution in [0.2, 0.25) is 0 Å². The van der Waals surface area contributed by atoms with Gasteiger partial charge in [0.05, 0.1) is 4.92 Å². The molecule has 0 aliphatic rings. The smallest absolute Gasteiger partial charge is 0.269 e. The van der Waals surface area contributed by atoms with E-state index in [1.54, 1.807) is 36.5 Å². The molecular formula is C19H12N4O4. The molecule has 2 aromatic carbocycles. The van der Waals surface area contributed by atoms with E-state index in [4.69, 9.17) is 4.42 Å². The summed E-state index contributed by atoms with van der Waals surface area (Å²) >= 11 is 0. The van der Waals surface area contributed by atoms with Crippen LogP contribution in [0.5, 0.6) is 0 Å². The van der Waals surface area contributed by atoms with E-state index in [0.717, 1.165) is 0 Å². The Morgan fingerprint density at radius 3 is 2.63 bits per heavy atom. The molecule has 2 aromatic heterocycles. The maximum absolute atomic E-state index is 12.4. The zero-order chi connectivity index (χ0) is 18.8. The highest BCUT2D eigenvalue weighted by atomic mass is 16.6. The highest BCUT2D eigenvalue weighted by molar-refractivity contribution is 6.04. The summed E-state index contributed by atoms with van der Waals surface area (Å²) in [6.45, 7) is 0. The molecule has 8 nitrogen and oxygen atoms in total. The van der Waals surface area contributed by atoms with E-state index in [-0.39, 0.29) is 11.6 Å². The average Bonchev–Trinajstić information content (AvgIpc) is 3.12. The van der Waals surface area contributed by atoms with E-state index in [9.17, 15) is 14.9 Å². The fourth-order valence-electron chi connectivity index (χ4n) is 2.56. The molecular weight excluding hydrogens is 348 g/mol. The molecule has 1 N–H and O–H groups in total. The number of nitro groups is 1. The van der Waals surface area contributed by atoms with Gasteiger partial charge in [-0.05, 0) is 42.5 Å². The third-order valence-electron chi connectivity index (χ3n) is 3.87. The van der Waals surface area contributed by atoms with Gasteiger partial charge in [0.15, 0.2) is 11.2 Å². The van der Waals surface area contributed by atoms with Crippen LogP contribution in [-0.2, 0) is 0 Å². The number of nitrogens with one attached hydrogen (secondary N) is 1. The van der Waals surface area contributed by atoms with Crippen LogP contribution in [0, 0.1) is 10.1 Å². The minimum Gasteiger partial charge on any atom is -0.434 e. The molecule has 0 aliphatic heterocycles. The summed E-state index contributed by atoms with van der Waals surface area (Å²) in [5.41, 5.74) is 2.57. The number of non-ortho nitro benzene ring substituents is 1. The highest BCUT2D eigenvalue weighted by Crippen LogP contribution is 2.25. The number of benzene rings is 2. The van der Waals surface area contributed by atoms with Gasteiger partial charge in [-0.2, -0.15) is 4.98 Å². The third kappa shape index (κ3) is 3.36. The number of carbonyl (C=O) groups excluding carboxylic acids is 1. The van der Waals surface area contributed by atoms with Gasteiger partial charge in [-0.15, -0.1) is 0 Å². The van der Waals surface area contributed by atoms with Gasteiger partial charge in [0.1, 0.15) is 0 Å². The van der Waals surface area contributed by atoms with Gasteiger partial charge in [0.25, 0.3) is 11.6 Å². The van der Waals surface area contributed by atoms with E-state index in [1.807, 2.05) is 6.07 Å². The Balaban J connectivity index is 1.57. The van der Waals surface area contributed by atoms with Crippen LogP contribution in [0.15, 0.2) is 71.3 Å². The van der Waals surface area contributed by atoms with Gasteiger partial charge < -0.3 is 9.73 Å². The molecule has 0 aliphatic carbocycles. The average molecular weight is 360 g/mol. The Labute approximate surface area is 152 Å². The number of fused-ring (bicyclic) bond motifs is 1. The van der Waals surface area contributed by atoms with Crippen LogP contribution in [0.1, 0.15) is 10.4 Å². The van der Waals surface area contributed by atoms with Crippen molar-refractivity contribution in [2.24, 2.45) is 0 Å². The Hall–Kier alpha value is -4.07. The van der Waals surface area contributed by atoms with Crippen molar-refractivity contribution >= 4 is 28.5 Å². The van der Waals surface area contributed by atoms with E-state index in [0.29, 0.717) is 33.9 Å². The Morgan fingerprint density at radius 1 is 1.07 bits per heavy atom. The van der Waals surface area contributed by atoms with Crippen molar-refractivity contribution in [2.45, 2.75) is 0 Å². The molecule has 0 saturated carbocycles. The minimum absolute atomic E-state index is 0.0712. The number of carbonyl (C=O) groups is 1. The number of oxazole rings is 1. The van der Waals surface area contributed by atoms with E-state index in [2.05, 4.69) is 15.3 Å². The predicted octanol–water partition coefficient (Wildman–Crippen LogP) is 4.05. The first-order chi connectivity index (χ1) is 13.1. The molecule has 0 bridgehead atoms. The molecule has 0 spiro atoms. The Bertz CT molecular complexity index is 1120. The third-order valence-corrected chi connectivity index (χ3v) is 3.87. The van der Waals surface area contributed by atoms with Gasteiger partial charge in [-0.25, -0.2) is 4.98 Å². The number of anilines is 1. The lowest BCUT2D eigenvalue weighted by molar-refractivity contribution is -0.384. The first kappa shape index (κ1) is 16.4. The highest BCUT2D eigenvalue weighted by Gasteiger charge is 2.12. The molecule has 0 unspecified atom stereocenters. The van der Waals surface area contributed by atoms with Crippen LogP contribution >= 0.6 is 0 Å². The van der Waals surface area contributed by atoms with Crippen molar-refractivity contribution < 1.29 is 14.1 Å². The summed E-state index contributed by atoms with van der Waals surface area (Å²) in [6, 6.07) is 16.0. The summed E-state index contributed by atoms with van der Waals surface area (Å²) in [7, 11) is 0. The summed E-state index contributed by atoms with van der Waals surface area (Å²) < 4.78 is 5.68. The van der Waals surface area contributed by atoms with Crippen LogP contribution in [0.25, 0.3) is 22.7 Å². The number of pyridine rings is 1. The second kappa shape index (κ2) is 6.68. The lowest BCUT2D eigenvalue weighted by atomic mass is 10.1. The quantitative estimate of drug-likeness (QED) is 0.434. The molecule has 4 aromatic rings. The number of rotatable bonds is 4. The minimum atomic E-state index is -0.514. The molecule has 0 atom stereocenters. The number of nitro benzene ring substituents is 1. The monoisotopic (exact) mass is 360 g/mol. The molecule has 1 amide bonds. The SMILES string of the molecule is O=C(Nc1cccc(-c2nc3ncccc3o2)c1)c1ccc([N+](=O)[O-])cc1. The van der Waals surface area contributed by atoms with Gasteiger partial charge in [-0.1, -0.05) is 6.07 Å². The Morgan fingerprint density at radius 2 is 1.89 bits per heavy atom. The maximum Gasteiger partial charge on any atom is 0.269 e. The zero-order valence-electron chi connectivity index (χ0n) is 13.8. The Kier molecular flexibility index (Phi) is 4.06. The predicted molar refractivity (Wildman–Crippen MR) is 98.3 cm³/mol. The fraction of sp³-hybridized carbons (Fsp3) is 0. The number of aromatic nitrogens is 2. The summed E-state index contributed by atoms with van der Waals surface area (Å²) in [4.78, 5) is 31.0. The fourth-order valence-corrected chi connectivity index (χ4v) is 2.56. The zero-order valence-corrected chi connectivity index (χ0v) is 13.8. The number of nitrogens with zero attached hydrogens (tertiary/aromatic N) is 3. The summed E-state index contributed by atoms with van der Waals surface area (Å²) in [6.07, 6.45) is 1.63. The molecule has 132 valence electrons. The van der Waals surface area contributed by atoms with Crippen LogP contribution < -0.4 is 5.32 Å². The first-order valence-corrected chi connectivity index (χ1v) is 7.98. The van der Waals surface area contributed by atoms with E-state index in [1.165, 1.54) is 24.3 Å². The van der Waals surface area contributed by atoms with Gasteiger partial charge >= 0.3 is 0 Å². The van der Waals surface area contributed by atoms with Crippen molar-refractivity contribution in [3.05, 3.63) is 82.5 Å². The topological polar surface area (TPSA) is 111 Å². The number of hydrogen-bond acceptors (Lipinski definition) is 6. The van der Waals surface area contributed by atoms with Crippen LogP contribution in [0.4, 0.5) is 11.4 Å². The molecule has 27 heavy (non-hydrogen) atoms. The second-order valence-corrected chi connectivity index (χ2v) is 5.68. The lowest BCUT2D eigenvalue weighted by Crippen LogP contribution is -2.11. The molecule has 0 saturated heterocycles. The molecule has 2 heterocycles. The van der Waals surface area contributed by atoms with Gasteiger partial charge in [0, 0.05) is 35.1 Å². The first-order valence-electron chi connectivity index (χ1n) is 7.98. The van der Waals surface area contributed by atoms with Crippen molar-refractivity contribution in [1.82, 2.24) is 9.97 Å². The maximum atomic E-state index is 12.4. The standard InChI is InChI=1S/C19H12N4O4/c24-18(12-6-8-15(9-7-12)23(25)26)21-14-4-1-3-13(11-14)19-22-17-16(27-19)5-2-10-20-17/h1-11H,(H,21,24). The van der Waals surface area contributed by atoms with Gasteiger partial charge in [0.2, 0.25) is 5.89 Å². The molecule has 0 radical (unpaired) electrons. The van der Waals surface area contributed by atoms with Crippen molar-refractivity contribution in [1.29, 1.82) is 0 Å².